The highest BCUT2D eigenvalue weighted by molar-refractivity contribution is 5.78. The first-order chi connectivity index (χ1) is 13.8. The minimum atomic E-state index is 0.0786. The molecule has 0 bridgehead atoms. The number of imidazole rings is 1. The van der Waals surface area contributed by atoms with Gasteiger partial charge >= 0.3 is 0 Å². The molecule has 0 aliphatic carbocycles. The summed E-state index contributed by atoms with van der Waals surface area (Å²) in [5.41, 5.74) is 2.13. The maximum atomic E-state index is 12.4. The van der Waals surface area contributed by atoms with Crippen LogP contribution in [0.3, 0.4) is 0 Å². The predicted molar refractivity (Wildman–Crippen MR) is 110 cm³/mol. The van der Waals surface area contributed by atoms with E-state index >= 15 is 0 Å². The summed E-state index contributed by atoms with van der Waals surface area (Å²) in [5, 5.41) is 0. The lowest BCUT2D eigenvalue weighted by molar-refractivity contribution is -0.131. The second kappa shape index (κ2) is 8.46. The van der Waals surface area contributed by atoms with Crippen molar-refractivity contribution in [3.05, 3.63) is 60.4 Å². The van der Waals surface area contributed by atoms with Crippen LogP contribution in [0.15, 0.2) is 54.6 Å². The molecule has 2 heterocycles. The minimum Gasteiger partial charge on any atom is -0.494 e. The molecular formula is C23H27N3O2. The number of likely N-dealkylation sites (tertiary alicyclic amines) is 1. The molecular weight excluding hydrogens is 350 g/mol. The van der Waals surface area contributed by atoms with Gasteiger partial charge in [0, 0.05) is 19.5 Å². The Morgan fingerprint density at radius 2 is 1.93 bits per heavy atom. The molecule has 1 aliphatic heterocycles. The third kappa shape index (κ3) is 3.75. The Morgan fingerprint density at radius 1 is 1.14 bits per heavy atom. The minimum absolute atomic E-state index is 0.0786. The van der Waals surface area contributed by atoms with E-state index in [1.807, 2.05) is 54.3 Å². The summed E-state index contributed by atoms with van der Waals surface area (Å²) in [5.74, 6) is 2.13. The van der Waals surface area contributed by atoms with Gasteiger partial charge in [-0.15, -0.1) is 0 Å². The zero-order valence-electron chi connectivity index (χ0n) is 16.4. The van der Waals surface area contributed by atoms with Crippen molar-refractivity contribution < 1.29 is 9.53 Å². The fourth-order valence-electron chi connectivity index (χ4n) is 4.05. The first-order valence-electron chi connectivity index (χ1n) is 10.2. The number of carbonyl (C=O) groups excluding carboxylic acids is 1. The number of hydrogen-bond donors (Lipinski definition) is 0. The van der Waals surface area contributed by atoms with Crippen LogP contribution >= 0.6 is 0 Å². The summed E-state index contributed by atoms with van der Waals surface area (Å²) in [4.78, 5) is 19.3. The van der Waals surface area contributed by atoms with E-state index in [4.69, 9.17) is 9.72 Å². The van der Waals surface area contributed by atoms with E-state index in [9.17, 15) is 4.79 Å². The van der Waals surface area contributed by atoms with Crippen LogP contribution in [0.4, 0.5) is 0 Å². The molecule has 5 heteroatoms. The van der Waals surface area contributed by atoms with Crippen LogP contribution in [0.2, 0.25) is 0 Å². The number of rotatable bonds is 7. The molecule has 1 fully saturated rings. The molecule has 28 heavy (non-hydrogen) atoms. The number of aromatic nitrogens is 2. The molecule has 4 rings (SSSR count). The zero-order valence-corrected chi connectivity index (χ0v) is 16.4. The van der Waals surface area contributed by atoms with Crippen LogP contribution in [0.1, 0.15) is 44.5 Å². The fraction of sp³-hybridized carbons (Fsp3) is 0.391. The van der Waals surface area contributed by atoms with Gasteiger partial charge in [0.2, 0.25) is 5.91 Å². The Morgan fingerprint density at radius 3 is 2.75 bits per heavy atom. The van der Waals surface area contributed by atoms with Gasteiger partial charge in [0.1, 0.15) is 11.6 Å². The van der Waals surface area contributed by atoms with E-state index in [2.05, 4.69) is 16.7 Å². The number of aryl methyl sites for hydroxylation is 1. The van der Waals surface area contributed by atoms with E-state index in [0.717, 1.165) is 55.0 Å². The summed E-state index contributed by atoms with van der Waals surface area (Å²) in [7, 11) is 0. The van der Waals surface area contributed by atoms with Gasteiger partial charge in [0.25, 0.3) is 0 Å². The van der Waals surface area contributed by atoms with Crippen molar-refractivity contribution in [2.24, 2.45) is 0 Å². The molecule has 146 valence electrons. The lowest BCUT2D eigenvalue weighted by Gasteiger charge is -2.25. The van der Waals surface area contributed by atoms with Crippen LogP contribution in [0, 0.1) is 0 Å². The molecule has 1 unspecified atom stereocenters. The quantitative estimate of drug-likeness (QED) is 0.566. The number of amides is 1. The number of para-hydroxylation sites is 3. The van der Waals surface area contributed by atoms with Crippen molar-refractivity contribution in [3.63, 3.8) is 0 Å². The number of ether oxygens (including phenoxy) is 1. The maximum absolute atomic E-state index is 12.4. The highest BCUT2D eigenvalue weighted by Crippen LogP contribution is 2.34. The van der Waals surface area contributed by atoms with Crippen LogP contribution in [0.5, 0.6) is 5.75 Å². The molecule has 0 saturated carbocycles. The van der Waals surface area contributed by atoms with Gasteiger partial charge in [-0.2, -0.15) is 0 Å². The Balaban J connectivity index is 1.54. The highest BCUT2D eigenvalue weighted by Gasteiger charge is 2.32. The average Bonchev–Trinajstić information content (AvgIpc) is 3.36. The molecule has 0 radical (unpaired) electrons. The van der Waals surface area contributed by atoms with Crippen LogP contribution in [-0.4, -0.2) is 33.5 Å². The van der Waals surface area contributed by atoms with Crippen LogP contribution < -0.4 is 4.74 Å². The Labute approximate surface area is 165 Å². The van der Waals surface area contributed by atoms with Gasteiger partial charge in [-0.25, -0.2) is 4.98 Å². The van der Waals surface area contributed by atoms with Crippen LogP contribution in [-0.2, 0) is 11.3 Å². The van der Waals surface area contributed by atoms with Crippen molar-refractivity contribution in [3.8, 4) is 5.75 Å². The molecule has 2 aromatic carbocycles. The lowest BCUT2D eigenvalue weighted by Crippen LogP contribution is -2.31. The van der Waals surface area contributed by atoms with Crippen molar-refractivity contribution in [1.82, 2.24) is 14.5 Å². The molecule has 0 N–H and O–H groups in total. The number of benzene rings is 2. The van der Waals surface area contributed by atoms with E-state index in [-0.39, 0.29) is 11.9 Å². The number of hydrogen-bond acceptors (Lipinski definition) is 3. The van der Waals surface area contributed by atoms with Crippen molar-refractivity contribution in [1.29, 1.82) is 0 Å². The van der Waals surface area contributed by atoms with Crippen molar-refractivity contribution in [2.45, 2.75) is 45.2 Å². The molecule has 1 saturated heterocycles. The largest absolute Gasteiger partial charge is 0.494 e. The lowest BCUT2D eigenvalue weighted by atomic mass is 10.2. The van der Waals surface area contributed by atoms with Gasteiger partial charge < -0.3 is 14.2 Å². The molecule has 1 atom stereocenters. The first kappa shape index (κ1) is 18.5. The number of fused-ring (bicyclic) bond motifs is 1. The summed E-state index contributed by atoms with van der Waals surface area (Å²) < 4.78 is 8.15. The van der Waals surface area contributed by atoms with Gasteiger partial charge in [-0.1, -0.05) is 37.3 Å². The van der Waals surface area contributed by atoms with E-state index in [1.165, 1.54) is 0 Å². The molecule has 1 aromatic heterocycles. The van der Waals surface area contributed by atoms with E-state index in [0.29, 0.717) is 13.0 Å². The summed E-state index contributed by atoms with van der Waals surface area (Å²) in [6, 6.07) is 18.2. The summed E-state index contributed by atoms with van der Waals surface area (Å²) in [6.45, 7) is 4.24. The SMILES string of the molecule is CCC(=O)N1CCCC1c1nc2ccccc2n1CCCOc1ccccc1. The topological polar surface area (TPSA) is 47.4 Å². The fourth-order valence-corrected chi connectivity index (χ4v) is 4.05. The Bertz CT molecular complexity index is 935. The van der Waals surface area contributed by atoms with E-state index in [1.54, 1.807) is 0 Å². The van der Waals surface area contributed by atoms with Gasteiger partial charge in [-0.05, 0) is 43.5 Å². The second-order valence-electron chi connectivity index (χ2n) is 7.22. The van der Waals surface area contributed by atoms with Crippen LogP contribution in [0.25, 0.3) is 11.0 Å². The predicted octanol–water partition coefficient (Wildman–Crippen LogP) is 4.58. The third-order valence-electron chi connectivity index (χ3n) is 5.40. The zero-order chi connectivity index (χ0) is 19.3. The number of nitrogens with zero attached hydrogens (tertiary/aromatic N) is 3. The Kier molecular flexibility index (Phi) is 5.60. The molecule has 3 aromatic rings. The van der Waals surface area contributed by atoms with Gasteiger partial charge in [0.05, 0.1) is 23.7 Å². The smallest absolute Gasteiger partial charge is 0.222 e. The molecule has 5 nitrogen and oxygen atoms in total. The molecule has 0 spiro atoms. The van der Waals surface area contributed by atoms with Crippen molar-refractivity contribution >= 4 is 16.9 Å². The summed E-state index contributed by atoms with van der Waals surface area (Å²) >= 11 is 0. The normalized spacial score (nSPS) is 16.6. The second-order valence-corrected chi connectivity index (χ2v) is 7.22. The molecule has 1 aliphatic rings. The van der Waals surface area contributed by atoms with Gasteiger partial charge in [0.15, 0.2) is 0 Å². The third-order valence-corrected chi connectivity index (χ3v) is 5.40. The van der Waals surface area contributed by atoms with E-state index < -0.39 is 0 Å². The maximum Gasteiger partial charge on any atom is 0.222 e. The first-order valence-corrected chi connectivity index (χ1v) is 10.2. The monoisotopic (exact) mass is 377 g/mol. The molecule has 1 amide bonds. The Hall–Kier alpha value is -2.82. The van der Waals surface area contributed by atoms with Crippen molar-refractivity contribution in [2.75, 3.05) is 13.2 Å². The summed E-state index contributed by atoms with van der Waals surface area (Å²) in [6.07, 6.45) is 3.45. The average molecular weight is 377 g/mol. The standard InChI is InChI=1S/C23H27N3O2/c1-2-22(27)25-15-8-14-21(25)23-24-19-12-6-7-13-20(19)26(23)16-9-17-28-18-10-4-3-5-11-18/h3-7,10-13,21H,2,8-9,14-17H2,1H3. The number of carbonyl (C=O) groups is 1. The van der Waals surface area contributed by atoms with Gasteiger partial charge in [-0.3, -0.25) is 4.79 Å². The highest BCUT2D eigenvalue weighted by atomic mass is 16.5.